The first-order valence-electron chi connectivity index (χ1n) is 7.36. The van der Waals surface area contributed by atoms with Gasteiger partial charge in [-0.3, -0.25) is 9.05 Å². The van der Waals surface area contributed by atoms with Crippen molar-refractivity contribution < 1.29 is 18.3 Å². The molecule has 0 spiro atoms. The van der Waals surface area contributed by atoms with Crippen molar-refractivity contribution in [3.05, 3.63) is 39.7 Å². The van der Waals surface area contributed by atoms with Crippen LogP contribution in [0.5, 0.6) is 11.1 Å². The summed E-state index contributed by atoms with van der Waals surface area (Å²) in [6.45, 7) is 1.55. The van der Waals surface area contributed by atoms with Crippen molar-refractivity contribution in [2.75, 3.05) is 13.2 Å². The Labute approximate surface area is 160 Å². The van der Waals surface area contributed by atoms with E-state index in [1.165, 1.54) is 0 Å². The van der Waals surface area contributed by atoms with Gasteiger partial charge in [0.1, 0.15) is 12.7 Å². The number of nitriles is 1. The lowest BCUT2D eigenvalue weighted by atomic mass is 10.2. The highest BCUT2D eigenvalue weighted by molar-refractivity contribution is 8.07. The van der Waals surface area contributed by atoms with Crippen LogP contribution in [-0.2, 0) is 27.5 Å². The number of thiazole rings is 1. The van der Waals surface area contributed by atoms with Gasteiger partial charge in [0.15, 0.2) is 4.88 Å². The smallest absolute Gasteiger partial charge is 0.381 e. The molecular formula is C15H16ClN2O4PS2. The summed E-state index contributed by atoms with van der Waals surface area (Å²) in [6.07, 6.45) is 0. The van der Waals surface area contributed by atoms with Crippen LogP contribution in [0.25, 0.3) is 0 Å². The molecule has 0 saturated carbocycles. The van der Waals surface area contributed by atoms with Crippen LogP contribution in [-0.4, -0.2) is 18.2 Å². The molecule has 1 aromatic carbocycles. The molecule has 6 nitrogen and oxygen atoms in total. The summed E-state index contributed by atoms with van der Waals surface area (Å²) in [7, 11) is 0. The van der Waals surface area contributed by atoms with Crippen LogP contribution in [0, 0.1) is 11.3 Å². The SMILES string of the molecule is CCOP(=S)(OCC)Oc1nc(OCc2ccc(Cl)cc2)sc1C#N. The van der Waals surface area contributed by atoms with Crippen LogP contribution in [0.15, 0.2) is 24.3 Å². The first kappa shape index (κ1) is 20.1. The van der Waals surface area contributed by atoms with E-state index in [1.54, 1.807) is 26.0 Å². The van der Waals surface area contributed by atoms with Gasteiger partial charge in [-0.2, -0.15) is 10.2 Å². The molecule has 2 rings (SSSR count). The molecule has 0 bridgehead atoms. The molecule has 0 amide bonds. The average molecular weight is 419 g/mol. The van der Waals surface area contributed by atoms with Gasteiger partial charge in [0.05, 0.1) is 13.2 Å². The zero-order chi connectivity index (χ0) is 18.3. The molecule has 0 fully saturated rings. The van der Waals surface area contributed by atoms with Crippen molar-refractivity contribution in [2.24, 2.45) is 0 Å². The zero-order valence-corrected chi connectivity index (χ0v) is 16.9. The lowest BCUT2D eigenvalue weighted by Gasteiger charge is -2.19. The number of ether oxygens (including phenoxy) is 1. The summed E-state index contributed by atoms with van der Waals surface area (Å²) in [5.41, 5.74) is 0.925. The Morgan fingerprint density at radius 3 is 2.44 bits per heavy atom. The number of hydrogen-bond acceptors (Lipinski definition) is 8. The fraction of sp³-hybridized carbons (Fsp3) is 0.333. The monoisotopic (exact) mass is 418 g/mol. The van der Waals surface area contributed by atoms with E-state index in [2.05, 4.69) is 4.98 Å². The Balaban J connectivity index is 2.11. The average Bonchev–Trinajstić information content (AvgIpc) is 2.96. The van der Waals surface area contributed by atoms with Crippen molar-refractivity contribution in [1.82, 2.24) is 4.98 Å². The van der Waals surface area contributed by atoms with E-state index in [-0.39, 0.29) is 10.8 Å². The van der Waals surface area contributed by atoms with Gasteiger partial charge in [-0.15, -0.1) is 0 Å². The number of halogens is 1. The summed E-state index contributed by atoms with van der Waals surface area (Å²) in [5, 5.41) is 10.2. The molecule has 10 heteroatoms. The molecule has 0 aliphatic heterocycles. The third kappa shape index (κ3) is 5.93. The molecule has 25 heavy (non-hydrogen) atoms. The third-order valence-electron chi connectivity index (χ3n) is 2.73. The lowest BCUT2D eigenvalue weighted by molar-refractivity contribution is 0.215. The predicted molar refractivity (Wildman–Crippen MR) is 101 cm³/mol. The highest BCUT2D eigenvalue weighted by Crippen LogP contribution is 2.51. The minimum absolute atomic E-state index is 0.0730. The first-order chi connectivity index (χ1) is 12.0. The number of rotatable bonds is 9. The second-order valence-electron chi connectivity index (χ2n) is 4.52. The third-order valence-corrected chi connectivity index (χ3v) is 6.23. The van der Waals surface area contributed by atoms with Crippen LogP contribution in [0.3, 0.4) is 0 Å². The molecule has 1 heterocycles. The second kappa shape index (κ2) is 9.48. The summed E-state index contributed by atoms with van der Waals surface area (Å²) >= 11 is 12.2. The van der Waals surface area contributed by atoms with E-state index in [0.717, 1.165) is 16.9 Å². The quantitative estimate of drug-likeness (QED) is 0.535. The second-order valence-corrected chi connectivity index (χ2v) is 8.85. The van der Waals surface area contributed by atoms with Crippen LogP contribution in [0.1, 0.15) is 24.3 Å². The first-order valence-corrected chi connectivity index (χ1v) is 11.1. The Bertz CT molecular complexity index is 782. The largest absolute Gasteiger partial charge is 0.465 e. The Kier molecular flexibility index (Phi) is 7.63. The standard InChI is InChI=1S/C15H16ClN2O4PS2/c1-3-20-23(24,21-4-2)22-14-13(9-17)25-15(18-14)19-10-11-5-7-12(16)8-6-11/h5-8H,3-4,10H2,1-2H3. The molecule has 0 saturated heterocycles. The summed E-state index contributed by atoms with van der Waals surface area (Å²) in [4.78, 5) is 4.44. The molecule has 0 aliphatic carbocycles. The van der Waals surface area contributed by atoms with Crippen molar-refractivity contribution in [1.29, 1.82) is 5.26 Å². The van der Waals surface area contributed by atoms with Gasteiger partial charge in [-0.05, 0) is 31.5 Å². The van der Waals surface area contributed by atoms with Crippen molar-refractivity contribution in [3.8, 4) is 17.1 Å². The molecule has 0 radical (unpaired) electrons. The molecule has 2 aromatic rings. The van der Waals surface area contributed by atoms with Gasteiger partial charge in [-0.25, -0.2) is 0 Å². The number of aromatic nitrogens is 1. The van der Waals surface area contributed by atoms with Crippen molar-refractivity contribution in [2.45, 2.75) is 20.5 Å². The summed E-state index contributed by atoms with van der Waals surface area (Å²) in [5.74, 6) is 0.0730. The zero-order valence-electron chi connectivity index (χ0n) is 13.6. The maximum absolute atomic E-state index is 9.27. The van der Waals surface area contributed by atoms with Gasteiger partial charge in [0.25, 0.3) is 11.1 Å². The fourth-order valence-electron chi connectivity index (χ4n) is 1.72. The van der Waals surface area contributed by atoms with Crippen molar-refractivity contribution in [3.63, 3.8) is 0 Å². The number of nitrogens with zero attached hydrogens (tertiary/aromatic N) is 2. The van der Waals surface area contributed by atoms with E-state index in [9.17, 15) is 5.26 Å². The van der Waals surface area contributed by atoms with Gasteiger partial charge in [-0.1, -0.05) is 35.1 Å². The molecule has 0 aliphatic rings. The fourth-order valence-corrected chi connectivity index (χ4v) is 4.55. The Morgan fingerprint density at radius 1 is 1.24 bits per heavy atom. The van der Waals surface area contributed by atoms with Crippen molar-refractivity contribution >= 4 is 41.5 Å². The number of hydrogen-bond donors (Lipinski definition) is 0. The number of benzene rings is 1. The molecule has 0 unspecified atom stereocenters. The van der Waals surface area contributed by atoms with Gasteiger partial charge in [0, 0.05) is 16.8 Å². The Hall–Kier alpha value is -1.20. The lowest BCUT2D eigenvalue weighted by Crippen LogP contribution is -2.03. The van der Waals surface area contributed by atoms with E-state index < -0.39 is 6.72 Å². The maximum Gasteiger partial charge on any atom is 0.381 e. The van der Waals surface area contributed by atoms with E-state index >= 15 is 0 Å². The molecule has 0 N–H and O–H groups in total. The topological polar surface area (TPSA) is 73.6 Å². The predicted octanol–water partition coefficient (Wildman–Crippen LogP) is 4.92. The highest BCUT2D eigenvalue weighted by atomic mass is 35.5. The van der Waals surface area contributed by atoms with Crippen LogP contribution in [0.4, 0.5) is 0 Å². The molecule has 134 valence electrons. The maximum atomic E-state index is 9.27. The van der Waals surface area contributed by atoms with Crippen LogP contribution >= 0.6 is 29.7 Å². The van der Waals surface area contributed by atoms with E-state index in [1.807, 2.05) is 18.2 Å². The van der Waals surface area contributed by atoms with Gasteiger partial charge in [0.2, 0.25) is 0 Å². The minimum Gasteiger partial charge on any atom is -0.465 e. The Morgan fingerprint density at radius 2 is 1.88 bits per heavy atom. The van der Waals surface area contributed by atoms with E-state index in [0.29, 0.717) is 30.0 Å². The highest BCUT2D eigenvalue weighted by Gasteiger charge is 2.26. The van der Waals surface area contributed by atoms with Gasteiger partial charge >= 0.3 is 6.72 Å². The molecule has 0 atom stereocenters. The minimum atomic E-state index is -2.99. The van der Waals surface area contributed by atoms with Crippen LogP contribution < -0.4 is 9.26 Å². The normalized spacial score (nSPS) is 11.1. The summed E-state index contributed by atoms with van der Waals surface area (Å²) < 4.78 is 22.0. The summed E-state index contributed by atoms with van der Waals surface area (Å²) in [6, 6.07) is 9.27. The van der Waals surface area contributed by atoms with Gasteiger partial charge < -0.3 is 9.26 Å². The van der Waals surface area contributed by atoms with Crippen LogP contribution in [0.2, 0.25) is 5.02 Å². The molecule has 1 aromatic heterocycles. The molecular weight excluding hydrogens is 403 g/mol. The van der Waals surface area contributed by atoms with E-state index in [4.69, 9.17) is 41.7 Å².